The molecule has 258 valence electrons. The zero-order chi connectivity index (χ0) is 35.9. The van der Waals surface area contributed by atoms with Crippen LogP contribution in [-0.2, 0) is 5.41 Å². The molecule has 0 aliphatic carbocycles. The van der Waals surface area contributed by atoms with Crippen LogP contribution in [-0.4, -0.2) is 11.7 Å². The number of thiophene rings is 1. The molecule has 0 spiro atoms. The molecular weight excluding hydrogens is 667 g/mol. The van der Waals surface area contributed by atoms with Crippen molar-refractivity contribution in [2.75, 3.05) is 16.5 Å². The van der Waals surface area contributed by atoms with Crippen LogP contribution in [0.25, 0.3) is 54.4 Å². The van der Waals surface area contributed by atoms with Crippen LogP contribution in [0.1, 0.15) is 26.3 Å². The van der Waals surface area contributed by atoms with E-state index in [9.17, 15) is 0 Å². The van der Waals surface area contributed by atoms with Crippen molar-refractivity contribution in [3.05, 3.63) is 176 Å². The third kappa shape index (κ3) is 6.34. The third-order valence-corrected chi connectivity index (χ3v) is 11.0. The predicted molar refractivity (Wildman–Crippen MR) is 224 cm³/mol. The summed E-state index contributed by atoms with van der Waals surface area (Å²) < 4.78 is 7.84. The van der Waals surface area contributed by atoms with Gasteiger partial charge in [-0.25, -0.2) is 0 Å². The molecule has 0 saturated carbocycles. The van der Waals surface area contributed by atoms with Gasteiger partial charge in [-0.05, 0) is 63.2 Å². The van der Waals surface area contributed by atoms with Gasteiger partial charge in [-0.2, -0.15) is 0 Å². The minimum absolute atomic E-state index is 0.0202. The Morgan fingerprint density at radius 1 is 0.623 bits per heavy atom. The number of anilines is 2. The first-order valence-corrected chi connectivity index (χ1v) is 18.9. The molecular formula is C48H39N3OS. The number of para-hydroxylation sites is 1. The predicted octanol–water partition coefficient (Wildman–Crippen LogP) is 13.3. The second kappa shape index (κ2) is 13.4. The van der Waals surface area contributed by atoms with E-state index < -0.39 is 0 Å². The highest BCUT2D eigenvalue weighted by Crippen LogP contribution is 2.45. The minimum atomic E-state index is 0.0202. The Balaban J connectivity index is 1.04. The average molecular weight is 706 g/mol. The maximum Gasteiger partial charge on any atom is 0.182 e. The first-order chi connectivity index (χ1) is 25.9. The molecule has 5 heteroatoms. The van der Waals surface area contributed by atoms with Crippen LogP contribution in [0.4, 0.5) is 11.4 Å². The summed E-state index contributed by atoms with van der Waals surface area (Å²) in [5, 5.41) is 4.40. The molecule has 6 aromatic carbocycles. The minimum Gasteiger partial charge on any atom is -0.447 e. The van der Waals surface area contributed by atoms with Gasteiger partial charge in [0.25, 0.3) is 0 Å². The van der Waals surface area contributed by atoms with E-state index in [0.717, 1.165) is 33.1 Å². The summed E-state index contributed by atoms with van der Waals surface area (Å²) >= 11 is 1.67. The quantitative estimate of drug-likeness (QED) is 0.165. The van der Waals surface area contributed by atoms with Gasteiger partial charge in [0, 0.05) is 63.2 Å². The second-order valence-corrected chi connectivity index (χ2v) is 15.6. The zero-order valence-electron chi connectivity index (χ0n) is 30.0. The van der Waals surface area contributed by atoms with E-state index in [1.165, 1.54) is 49.0 Å². The maximum atomic E-state index is 6.66. The Hall–Kier alpha value is -6.17. The average Bonchev–Trinajstić information content (AvgIpc) is 3.84. The number of hydrogen-bond donors (Lipinski definition) is 0. The van der Waals surface area contributed by atoms with Gasteiger partial charge < -0.3 is 14.5 Å². The summed E-state index contributed by atoms with van der Waals surface area (Å²) in [7, 11) is 0. The Kier molecular flexibility index (Phi) is 8.29. The monoisotopic (exact) mass is 705 g/mol. The lowest BCUT2D eigenvalue weighted by molar-refractivity contribution is 0.497. The van der Waals surface area contributed by atoms with Gasteiger partial charge >= 0.3 is 0 Å². The number of aromatic nitrogens is 1. The fourth-order valence-electron chi connectivity index (χ4n) is 7.31. The van der Waals surface area contributed by atoms with Crippen molar-refractivity contribution in [2.45, 2.75) is 26.2 Å². The van der Waals surface area contributed by atoms with Crippen molar-refractivity contribution in [2.24, 2.45) is 0 Å². The smallest absolute Gasteiger partial charge is 0.182 e. The molecule has 3 heterocycles. The fourth-order valence-corrected chi connectivity index (χ4v) is 8.30. The first kappa shape index (κ1) is 32.7. The van der Waals surface area contributed by atoms with E-state index in [1.807, 2.05) is 12.3 Å². The van der Waals surface area contributed by atoms with Crippen LogP contribution in [0, 0.1) is 0 Å². The van der Waals surface area contributed by atoms with Crippen LogP contribution in [0.2, 0.25) is 0 Å². The normalized spacial score (nSPS) is 13.0. The van der Waals surface area contributed by atoms with Crippen LogP contribution >= 0.6 is 11.3 Å². The van der Waals surface area contributed by atoms with Crippen LogP contribution in [0.5, 0.6) is 10.8 Å². The molecule has 0 radical (unpaired) electrons. The van der Waals surface area contributed by atoms with Gasteiger partial charge in [0.1, 0.15) is 5.75 Å². The molecule has 1 aliphatic rings. The lowest BCUT2D eigenvalue weighted by Gasteiger charge is -2.26. The molecule has 0 fully saturated rings. The molecule has 4 nitrogen and oxygen atoms in total. The highest BCUT2D eigenvalue weighted by molar-refractivity contribution is 7.21. The highest BCUT2D eigenvalue weighted by Gasteiger charge is 2.23. The first-order valence-electron chi connectivity index (χ1n) is 18.0. The molecule has 0 atom stereocenters. The summed E-state index contributed by atoms with van der Waals surface area (Å²) in [6, 6.07) is 53.7. The molecule has 0 bridgehead atoms. The van der Waals surface area contributed by atoms with Crippen molar-refractivity contribution in [1.29, 1.82) is 0 Å². The van der Waals surface area contributed by atoms with Gasteiger partial charge in [0.15, 0.2) is 5.06 Å². The van der Waals surface area contributed by atoms with Gasteiger partial charge in [0.05, 0.1) is 18.1 Å². The molecule has 9 rings (SSSR count). The number of hydrogen-bond acceptors (Lipinski definition) is 5. The molecule has 0 N–H and O–H groups in total. The summed E-state index contributed by atoms with van der Waals surface area (Å²) in [6.45, 7) is 7.41. The van der Waals surface area contributed by atoms with Gasteiger partial charge in [0.2, 0.25) is 0 Å². The Morgan fingerprint density at radius 3 is 2.04 bits per heavy atom. The molecule has 2 aromatic heterocycles. The highest BCUT2D eigenvalue weighted by atomic mass is 32.1. The van der Waals surface area contributed by atoms with Gasteiger partial charge in [-0.3, -0.25) is 4.98 Å². The lowest BCUT2D eigenvalue weighted by Crippen LogP contribution is -2.25. The largest absolute Gasteiger partial charge is 0.447 e. The number of pyridine rings is 1. The van der Waals surface area contributed by atoms with Crippen LogP contribution < -0.4 is 14.5 Å². The van der Waals surface area contributed by atoms with Crippen LogP contribution in [0.3, 0.4) is 0 Å². The van der Waals surface area contributed by atoms with Crippen molar-refractivity contribution >= 4 is 43.6 Å². The van der Waals surface area contributed by atoms with Gasteiger partial charge in [-0.1, -0.05) is 141 Å². The van der Waals surface area contributed by atoms with Crippen LogP contribution in [0.15, 0.2) is 170 Å². The van der Waals surface area contributed by atoms with Gasteiger partial charge in [-0.15, -0.1) is 0 Å². The zero-order valence-corrected chi connectivity index (χ0v) is 30.8. The van der Waals surface area contributed by atoms with Crippen molar-refractivity contribution in [1.82, 2.24) is 4.98 Å². The van der Waals surface area contributed by atoms with E-state index in [1.54, 1.807) is 11.3 Å². The Morgan fingerprint density at radius 2 is 1.30 bits per heavy atom. The molecule has 53 heavy (non-hydrogen) atoms. The topological polar surface area (TPSA) is 28.6 Å². The standard InChI is InChI=1S/C48H39N3OS/c1-48(2,3)36-24-25-49-43(29-36)46-39-21-11-10-18-35(39)28-44-42(46)31-45(53-44)52-38-20-12-19-37(30-38)50-26-27-51(32-50)47-40(33-14-6-4-7-15-33)22-13-23-41(47)34-16-8-5-9-17-34/h4-31H,32H2,1-3H3. The van der Waals surface area contributed by atoms with E-state index in [2.05, 4.69) is 189 Å². The summed E-state index contributed by atoms with van der Waals surface area (Å²) in [5.41, 5.74) is 10.5. The van der Waals surface area contributed by atoms with E-state index in [-0.39, 0.29) is 5.41 Å². The molecule has 0 unspecified atom stereocenters. The number of rotatable bonds is 7. The summed E-state index contributed by atoms with van der Waals surface area (Å²) in [4.78, 5) is 9.51. The number of nitrogens with zero attached hydrogens (tertiary/aromatic N) is 3. The summed E-state index contributed by atoms with van der Waals surface area (Å²) in [6.07, 6.45) is 6.28. The molecule has 8 aromatic rings. The molecule has 0 amide bonds. The number of benzene rings is 6. The lowest BCUT2D eigenvalue weighted by atomic mass is 9.86. The Labute approximate surface area is 314 Å². The van der Waals surface area contributed by atoms with Crippen molar-refractivity contribution in [3.63, 3.8) is 0 Å². The maximum absolute atomic E-state index is 6.66. The van der Waals surface area contributed by atoms with E-state index in [4.69, 9.17) is 9.72 Å². The van der Waals surface area contributed by atoms with E-state index in [0.29, 0.717) is 6.67 Å². The Bertz CT molecular complexity index is 2560. The van der Waals surface area contributed by atoms with E-state index >= 15 is 0 Å². The summed E-state index contributed by atoms with van der Waals surface area (Å²) in [5.74, 6) is 0.800. The fraction of sp³-hybridized carbons (Fsp3) is 0.104. The molecule has 1 aliphatic heterocycles. The van der Waals surface area contributed by atoms with Crippen molar-refractivity contribution < 1.29 is 4.74 Å². The SMILES string of the molecule is CC(C)(C)c1ccnc(-c2c3ccccc3cc3sc(Oc4cccc(N5C=CN(c6c(-c7ccccc7)cccc6-c6ccccc6)C5)c4)cc23)c1. The molecule has 0 saturated heterocycles. The number of fused-ring (bicyclic) bond motifs is 2. The second-order valence-electron chi connectivity index (χ2n) is 14.5. The number of ether oxygens (including phenoxy) is 1. The van der Waals surface area contributed by atoms with Crippen molar-refractivity contribution in [3.8, 4) is 44.3 Å². The third-order valence-electron chi connectivity index (χ3n) is 10.00.